The Kier molecular flexibility index (Phi) is 5.52. The minimum absolute atomic E-state index is 0.729. The highest BCUT2D eigenvalue weighted by Gasteiger charge is 2.17. The minimum Gasteiger partial charge on any atom is -0.303 e. The summed E-state index contributed by atoms with van der Waals surface area (Å²) in [6.07, 6.45) is 2.66. The molecule has 0 aromatic rings. The fourth-order valence-electron chi connectivity index (χ4n) is 1.34. The van der Waals surface area contributed by atoms with Crippen molar-refractivity contribution in [2.75, 3.05) is 17.3 Å². The first-order valence-electron chi connectivity index (χ1n) is 4.78. The molecule has 2 atom stereocenters. The Hall–Kier alpha value is 0.660. The molecule has 1 N–H and O–H groups in total. The predicted molar refractivity (Wildman–Crippen MR) is 61.1 cm³/mol. The number of hydrogen-bond acceptors (Lipinski definition) is 3. The maximum Gasteiger partial charge on any atom is 0.0542 e. The van der Waals surface area contributed by atoms with Gasteiger partial charge in [-0.05, 0) is 37.0 Å². The summed E-state index contributed by atoms with van der Waals surface area (Å²) in [6, 6.07) is 0.739. The molecule has 1 nitrogen and oxygen atoms in total. The zero-order valence-electron chi connectivity index (χ0n) is 8.01. The van der Waals surface area contributed by atoms with E-state index in [2.05, 4.69) is 30.9 Å². The third kappa shape index (κ3) is 4.06. The third-order valence-corrected chi connectivity index (χ3v) is 4.25. The second kappa shape index (κ2) is 6.17. The Morgan fingerprint density at radius 1 is 1.58 bits per heavy atom. The topological polar surface area (TPSA) is 12.0 Å². The van der Waals surface area contributed by atoms with Gasteiger partial charge in [0.1, 0.15) is 0 Å². The molecule has 1 heterocycles. The lowest BCUT2D eigenvalue weighted by Crippen LogP contribution is -2.39. The van der Waals surface area contributed by atoms with Gasteiger partial charge in [-0.3, -0.25) is 0 Å². The molecule has 1 aliphatic heterocycles. The van der Waals surface area contributed by atoms with E-state index in [0.29, 0.717) is 0 Å². The van der Waals surface area contributed by atoms with Crippen LogP contribution in [0.2, 0.25) is 0 Å². The van der Waals surface area contributed by atoms with Crippen LogP contribution in [0.4, 0.5) is 0 Å². The van der Waals surface area contributed by atoms with Crippen LogP contribution in [-0.4, -0.2) is 28.7 Å². The first-order chi connectivity index (χ1) is 5.83. The van der Waals surface area contributed by atoms with Crippen LogP contribution in [0.1, 0.15) is 26.7 Å². The smallest absolute Gasteiger partial charge is 0.0542 e. The first-order valence-corrected chi connectivity index (χ1v) is 6.98. The van der Waals surface area contributed by atoms with Crippen LogP contribution in [0.5, 0.6) is 0 Å². The van der Waals surface area contributed by atoms with Crippen molar-refractivity contribution in [2.24, 2.45) is 0 Å². The van der Waals surface area contributed by atoms with Crippen LogP contribution in [0.15, 0.2) is 0 Å². The summed E-state index contributed by atoms with van der Waals surface area (Å²) >= 11 is 4.14. The summed E-state index contributed by atoms with van der Waals surface area (Å²) in [5.41, 5.74) is 0. The standard InChI is InChI=1S/C9H19NS2/c1-3-11-6-5-9-10-8(2)4-7-12-9/h8-10H,3-7H2,1-2H3. The molecule has 1 rings (SSSR count). The van der Waals surface area contributed by atoms with Crippen LogP contribution < -0.4 is 5.32 Å². The van der Waals surface area contributed by atoms with Gasteiger partial charge in [0, 0.05) is 6.04 Å². The number of nitrogens with one attached hydrogen (secondary N) is 1. The van der Waals surface area contributed by atoms with Crippen LogP contribution in [-0.2, 0) is 0 Å². The maximum absolute atomic E-state index is 3.62. The fraction of sp³-hybridized carbons (Fsp3) is 1.00. The largest absolute Gasteiger partial charge is 0.303 e. The van der Waals surface area contributed by atoms with Crippen molar-refractivity contribution in [2.45, 2.75) is 38.1 Å². The summed E-state index contributed by atoms with van der Waals surface area (Å²) in [5, 5.41) is 4.35. The van der Waals surface area contributed by atoms with E-state index in [-0.39, 0.29) is 0 Å². The third-order valence-electron chi connectivity index (χ3n) is 2.07. The van der Waals surface area contributed by atoms with E-state index in [1.165, 1.54) is 30.1 Å². The SMILES string of the molecule is CCSCCC1NC(C)CCS1. The molecule has 72 valence electrons. The molecule has 0 saturated carbocycles. The van der Waals surface area contributed by atoms with E-state index in [9.17, 15) is 0 Å². The molecule has 3 heteroatoms. The van der Waals surface area contributed by atoms with Crippen molar-refractivity contribution in [3.05, 3.63) is 0 Å². The van der Waals surface area contributed by atoms with E-state index in [1.807, 2.05) is 11.8 Å². The summed E-state index contributed by atoms with van der Waals surface area (Å²) in [6.45, 7) is 4.52. The zero-order chi connectivity index (χ0) is 8.81. The Morgan fingerprint density at radius 2 is 2.42 bits per heavy atom. The predicted octanol–water partition coefficient (Wildman–Crippen LogP) is 2.57. The molecule has 2 unspecified atom stereocenters. The molecule has 0 aliphatic carbocycles. The second-order valence-electron chi connectivity index (χ2n) is 3.20. The molecule has 0 radical (unpaired) electrons. The number of thioether (sulfide) groups is 2. The zero-order valence-corrected chi connectivity index (χ0v) is 9.64. The van der Waals surface area contributed by atoms with Crippen molar-refractivity contribution >= 4 is 23.5 Å². The highest BCUT2D eigenvalue weighted by Crippen LogP contribution is 2.21. The molecule has 1 fully saturated rings. The maximum atomic E-state index is 3.62. The van der Waals surface area contributed by atoms with E-state index in [0.717, 1.165) is 11.4 Å². The van der Waals surface area contributed by atoms with Crippen LogP contribution >= 0.6 is 23.5 Å². The minimum atomic E-state index is 0.729. The monoisotopic (exact) mass is 205 g/mol. The average molecular weight is 205 g/mol. The molecule has 1 saturated heterocycles. The van der Waals surface area contributed by atoms with E-state index >= 15 is 0 Å². The lowest BCUT2D eigenvalue weighted by Gasteiger charge is -2.28. The molecule has 1 aliphatic rings. The van der Waals surface area contributed by atoms with Gasteiger partial charge in [-0.25, -0.2) is 0 Å². The van der Waals surface area contributed by atoms with Gasteiger partial charge >= 0.3 is 0 Å². The van der Waals surface area contributed by atoms with Gasteiger partial charge in [-0.15, -0.1) is 11.8 Å². The van der Waals surface area contributed by atoms with Crippen molar-refractivity contribution in [1.29, 1.82) is 0 Å². The number of hydrogen-bond donors (Lipinski definition) is 1. The average Bonchev–Trinajstić information content (AvgIpc) is 2.05. The Bertz CT molecular complexity index is 119. The van der Waals surface area contributed by atoms with Gasteiger partial charge in [0.2, 0.25) is 0 Å². The first kappa shape index (κ1) is 10.7. The van der Waals surface area contributed by atoms with Gasteiger partial charge < -0.3 is 5.32 Å². The quantitative estimate of drug-likeness (QED) is 0.709. The van der Waals surface area contributed by atoms with Crippen LogP contribution in [0, 0.1) is 0 Å². The van der Waals surface area contributed by atoms with Crippen molar-refractivity contribution in [3.63, 3.8) is 0 Å². The van der Waals surface area contributed by atoms with Gasteiger partial charge in [-0.1, -0.05) is 6.92 Å². The van der Waals surface area contributed by atoms with Gasteiger partial charge in [0.05, 0.1) is 5.37 Å². The normalized spacial score (nSPS) is 30.5. The summed E-state index contributed by atoms with van der Waals surface area (Å²) in [5.74, 6) is 3.91. The Labute approximate surface area is 84.4 Å². The fourth-order valence-corrected chi connectivity index (χ4v) is 3.56. The highest BCUT2D eigenvalue weighted by molar-refractivity contribution is 8.00. The lowest BCUT2D eigenvalue weighted by atomic mass is 10.2. The molecular formula is C9H19NS2. The molecule has 0 aromatic heterocycles. The van der Waals surface area contributed by atoms with E-state index in [1.54, 1.807) is 0 Å². The van der Waals surface area contributed by atoms with Gasteiger partial charge in [0.25, 0.3) is 0 Å². The summed E-state index contributed by atoms with van der Waals surface area (Å²) < 4.78 is 0. The summed E-state index contributed by atoms with van der Waals surface area (Å²) in [4.78, 5) is 0. The van der Waals surface area contributed by atoms with E-state index < -0.39 is 0 Å². The molecular weight excluding hydrogens is 186 g/mol. The molecule has 0 aromatic carbocycles. The highest BCUT2D eigenvalue weighted by atomic mass is 32.2. The Balaban J connectivity index is 2.06. The molecule has 12 heavy (non-hydrogen) atoms. The van der Waals surface area contributed by atoms with Gasteiger partial charge in [0.15, 0.2) is 0 Å². The van der Waals surface area contributed by atoms with Crippen LogP contribution in [0.3, 0.4) is 0 Å². The lowest BCUT2D eigenvalue weighted by molar-refractivity contribution is 0.496. The molecule has 0 spiro atoms. The Morgan fingerprint density at radius 3 is 3.08 bits per heavy atom. The van der Waals surface area contributed by atoms with Crippen molar-refractivity contribution in [1.82, 2.24) is 5.32 Å². The van der Waals surface area contributed by atoms with Crippen molar-refractivity contribution in [3.8, 4) is 0 Å². The number of rotatable bonds is 4. The van der Waals surface area contributed by atoms with Crippen molar-refractivity contribution < 1.29 is 0 Å². The second-order valence-corrected chi connectivity index (χ2v) is 5.91. The van der Waals surface area contributed by atoms with Gasteiger partial charge in [-0.2, -0.15) is 11.8 Å². The molecule has 0 bridgehead atoms. The van der Waals surface area contributed by atoms with E-state index in [4.69, 9.17) is 0 Å². The van der Waals surface area contributed by atoms with Crippen LogP contribution in [0.25, 0.3) is 0 Å². The summed E-state index contributed by atoms with van der Waals surface area (Å²) in [7, 11) is 0. The molecule has 0 amide bonds.